The maximum absolute atomic E-state index is 12.1. The van der Waals surface area contributed by atoms with E-state index in [0.717, 1.165) is 31.5 Å². The number of nitrogens with zero attached hydrogens (tertiary/aromatic N) is 1. The summed E-state index contributed by atoms with van der Waals surface area (Å²) in [4.78, 5) is 2.52. The molecule has 0 amide bonds. The Morgan fingerprint density at radius 2 is 2.15 bits per heavy atom. The first-order chi connectivity index (χ1) is 9.49. The summed E-state index contributed by atoms with van der Waals surface area (Å²) in [5.74, 6) is 0. The van der Waals surface area contributed by atoms with Crippen LogP contribution in [0.25, 0.3) is 0 Å². The average Bonchev–Trinajstić information content (AvgIpc) is 2.87. The Balaban J connectivity index is 2.39. The summed E-state index contributed by atoms with van der Waals surface area (Å²) in [5, 5.41) is 0. The standard InChI is InChI=1S/C14H23N3O2S/c1-3-11-6-5-9-17(11)14-10-12(7-8-13(14)15)20(18,19)16-4-2/h7-8,10-11,16H,3-6,9,15H2,1-2H3. The van der Waals surface area contributed by atoms with Gasteiger partial charge >= 0.3 is 0 Å². The van der Waals surface area contributed by atoms with Crippen LogP contribution in [0.4, 0.5) is 11.4 Å². The molecule has 2 rings (SSSR count). The molecule has 0 radical (unpaired) electrons. The van der Waals surface area contributed by atoms with Crippen LogP contribution in [0.1, 0.15) is 33.1 Å². The van der Waals surface area contributed by atoms with Crippen LogP contribution in [-0.4, -0.2) is 27.5 Å². The van der Waals surface area contributed by atoms with Gasteiger partial charge in [0.15, 0.2) is 0 Å². The van der Waals surface area contributed by atoms with Gasteiger partial charge in [0.05, 0.1) is 16.3 Å². The summed E-state index contributed by atoms with van der Waals surface area (Å²) in [5.41, 5.74) is 7.53. The van der Waals surface area contributed by atoms with Crippen molar-refractivity contribution in [3.05, 3.63) is 18.2 Å². The Morgan fingerprint density at radius 1 is 1.40 bits per heavy atom. The highest BCUT2D eigenvalue weighted by atomic mass is 32.2. The topological polar surface area (TPSA) is 75.4 Å². The van der Waals surface area contributed by atoms with Crippen LogP contribution in [0, 0.1) is 0 Å². The zero-order valence-corrected chi connectivity index (χ0v) is 12.9. The molecule has 3 N–H and O–H groups in total. The average molecular weight is 297 g/mol. The predicted molar refractivity (Wildman–Crippen MR) is 82.4 cm³/mol. The summed E-state index contributed by atoms with van der Waals surface area (Å²) >= 11 is 0. The molecule has 0 spiro atoms. The quantitative estimate of drug-likeness (QED) is 0.815. The highest BCUT2D eigenvalue weighted by Gasteiger charge is 2.26. The Hall–Kier alpha value is -1.27. The number of hydrogen-bond acceptors (Lipinski definition) is 4. The number of nitrogen functional groups attached to an aromatic ring is 1. The molecule has 1 aromatic rings. The Kier molecular flexibility index (Phi) is 4.55. The molecule has 0 bridgehead atoms. The number of nitrogens with one attached hydrogen (secondary N) is 1. The van der Waals surface area contributed by atoms with E-state index in [1.54, 1.807) is 25.1 Å². The van der Waals surface area contributed by atoms with Crippen LogP contribution in [0.5, 0.6) is 0 Å². The number of rotatable bonds is 5. The highest BCUT2D eigenvalue weighted by molar-refractivity contribution is 7.89. The van der Waals surface area contributed by atoms with Crippen LogP contribution in [-0.2, 0) is 10.0 Å². The third-order valence-electron chi connectivity index (χ3n) is 3.80. The van der Waals surface area contributed by atoms with Crippen LogP contribution >= 0.6 is 0 Å². The molecule has 0 saturated carbocycles. The Morgan fingerprint density at radius 3 is 2.80 bits per heavy atom. The van der Waals surface area contributed by atoms with Crippen molar-refractivity contribution in [2.24, 2.45) is 0 Å². The number of sulfonamides is 1. The zero-order chi connectivity index (χ0) is 14.8. The SMILES string of the molecule is CCNS(=O)(=O)c1ccc(N)c(N2CCCC2CC)c1. The van der Waals surface area contributed by atoms with Crippen molar-refractivity contribution in [2.45, 2.75) is 44.0 Å². The molecule has 1 fully saturated rings. The molecule has 1 aliphatic rings. The molecule has 20 heavy (non-hydrogen) atoms. The fourth-order valence-corrected chi connectivity index (χ4v) is 3.85. The minimum absolute atomic E-state index is 0.283. The minimum Gasteiger partial charge on any atom is -0.397 e. The zero-order valence-electron chi connectivity index (χ0n) is 12.1. The predicted octanol–water partition coefficient (Wildman–Crippen LogP) is 1.95. The van der Waals surface area contributed by atoms with Crippen LogP contribution in [0.15, 0.2) is 23.1 Å². The van der Waals surface area contributed by atoms with Crippen LogP contribution < -0.4 is 15.4 Å². The van der Waals surface area contributed by atoms with E-state index in [1.807, 2.05) is 0 Å². The molecule has 6 heteroatoms. The second kappa shape index (κ2) is 6.01. The second-order valence-corrected chi connectivity index (χ2v) is 6.89. The van der Waals surface area contributed by atoms with Gasteiger partial charge in [0.25, 0.3) is 0 Å². The molecular formula is C14H23N3O2S. The number of hydrogen-bond donors (Lipinski definition) is 2. The van der Waals surface area contributed by atoms with Crippen LogP contribution in [0.2, 0.25) is 0 Å². The van der Waals surface area contributed by atoms with Gasteiger partial charge in [-0.2, -0.15) is 0 Å². The van der Waals surface area contributed by atoms with E-state index in [4.69, 9.17) is 5.73 Å². The summed E-state index contributed by atoms with van der Waals surface area (Å²) in [7, 11) is -3.44. The lowest BCUT2D eigenvalue weighted by molar-refractivity contribution is 0.583. The molecule has 1 heterocycles. The van der Waals surface area contributed by atoms with Gasteiger partial charge < -0.3 is 10.6 Å². The fourth-order valence-electron chi connectivity index (χ4n) is 2.79. The first kappa shape index (κ1) is 15.1. The van der Waals surface area contributed by atoms with Crippen LogP contribution in [0.3, 0.4) is 0 Å². The van der Waals surface area contributed by atoms with Gasteiger partial charge in [-0.25, -0.2) is 13.1 Å². The van der Waals surface area contributed by atoms with Crippen molar-refractivity contribution in [3.63, 3.8) is 0 Å². The third-order valence-corrected chi connectivity index (χ3v) is 5.35. The second-order valence-electron chi connectivity index (χ2n) is 5.12. The normalized spacial score (nSPS) is 19.5. The maximum Gasteiger partial charge on any atom is 0.240 e. The molecule has 1 saturated heterocycles. The largest absolute Gasteiger partial charge is 0.397 e. The van der Waals surface area contributed by atoms with Crippen molar-refractivity contribution in [2.75, 3.05) is 23.7 Å². The molecule has 5 nitrogen and oxygen atoms in total. The third kappa shape index (κ3) is 2.91. The monoisotopic (exact) mass is 297 g/mol. The maximum atomic E-state index is 12.1. The van der Waals surface area contributed by atoms with E-state index in [2.05, 4.69) is 16.5 Å². The number of nitrogens with two attached hydrogens (primary N) is 1. The summed E-state index contributed by atoms with van der Waals surface area (Å²) in [6.07, 6.45) is 3.31. The fraction of sp³-hybridized carbons (Fsp3) is 0.571. The van der Waals surface area contributed by atoms with Crippen molar-refractivity contribution in [1.29, 1.82) is 0 Å². The number of anilines is 2. The van der Waals surface area contributed by atoms with E-state index in [9.17, 15) is 8.42 Å². The Labute approximate surface area is 121 Å². The summed E-state index contributed by atoms with van der Waals surface area (Å²) < 4.78 is 26.7. The van der Waals surface area contributed by atoms with Gasteiger partial charge in [-0.3, -0.25) is 0 Å². The number of benzene rings is 1. The van der Waals surface area contributed by atoms with E-state index >= 15 is 0 Å². The van der Waals surface area contributed by atoms with Gasteiger partial charge in [-0.05, 0) is 37.5 Å². The van der Waals surface area contributed by atoms with E-state index in [1.165, 1.54) is 0 Å². The molecule has 1 aliphatic heterocycles. The first-order valence-corrected chi connectivity index (χ1v) is 8.63. The van der Waals surface area contributed by atoms with Gasteiger partial charge in [-0.15, -0.1) is 0 Å². The molecule has 0 aromatic heterocycles. The molecule has 1 aromatic carbocycles. The Bertz CT molecular complexity index is 572. The van der Waals surface area contributed by atoms with Gasteiger partial charge in [0.1, 0.15) is 0 Å². The smallest absolute Gasteiger partial charge is 0.240 e. The van der Waals surface area contributed by atoms with E-state index in [0.29, 0.717) is 18.3 Å². The van der Waals surface area contributed by atoms with Gasteiger partial charge in [0, 0.05) is 19.1 Å². The van der Waals surface area contributed by atoms with E-state index in [-0.39, 0.29) is 4.90 Å². The lowest BCUT2D eigenvalue weighted by Crippen LogP contribution is -2.30. The first-order valence-electron chi connectivity index (χ1n) is 7.15. The van der Waals surface area contributed by atoms with Crippen molar-refractivity contribution in [1.82, 2.24) is 4.72 Å². The minimum atomic E-state index is -3.44. The molecule has 1 atom stereocenters. The molecular weight excluding hydrogens is 274 g/mol. The highest BCUT2D eigenvalue weighted by Crippen LogP contribution is 2.33. The summed E-state index contributed by atoms with van der Waals surface area (Å²) in [6, 6.07) is 5.40. The van der Waals surface area contributed by atoms with Gasteiger partial charge in [0.2, 0.25) is 10.0 Å². The van der Waals surface area contributed by atoms with Crippen molar-refractivity contribution in [3.8, 4) is 0 Å². The van der Waals surface area contributed by atoms with Gasteiger partial charge in [-0.1, -0.05) is 13.8 Å². The molecule has 0 aliphatic carbocycles. The van der Waals surface area contributed by atoms with Crippen molar-refractivity contribution >= 4 is 21.4 Å². The van der Waals surface area contributed by atoms with E-state index < -0.39 is 10.0 Å². The lowest BCUT2D eigenvalue weighted by Gasteiger charge is -2.27. The molecule has 112 valence electrons. The summed E-state index contributed by atoms with van der Waals surface area (Å²) in [6.45, 7) is 5.23. The lowest BCUT2D eigenvalue weighted by atomic mass is 10.1. The molecule has 1 unspecified atom stereocenters. The van der Waals surface area contributed by atoms with Crippen molar-refractivity contribution < 1.29 is 8.42 Å².